The number of hydrogen-bond acceptors (Lipinski definition) is 2. The fourth-order valence-electron chi connectivity index (χ4n) is 3.62. The highest BCUT2D eigenvalue weighted by Gasteiger charge is 2.29. The monoisotopic (exact) mass is 380 g/mol. The van der Waals surface area contributed by atoms with Gasteiger partial charge in [0.1, 0.15) is 0 Å². The minimum atomic E-state index is -1.36. The lowest BCUT2D eigenvalue weighted by atomic mass is 9.95. The number of carbonyl (C=O) groups is 1. The first-order valence-corrected chi connectivity index (χ1v) is 10.2. The van der Waals surface area contributed by atoms with Crippen molar-refractivity contribution in [2.75, 3.05) is 0 Å². The normalized spacial score (nSPS) is 13.1. The summed E-state index contributed by atoms with van der Waals surface area (Å²) < 4.78 is 13.1. The van der Waals surface area contributed by atoms with E-state index >= 15 is 0 Å². The summed E-state index contributed by atoms with van der Waals surface area (Å²) in [5.74, 6) is -0.0693. The lowest BCUT2D eigenvalue weighted by Crippen LogP contribution is -2.16. The zero-order valence-electron chi connectivity index (χ0n) is 15.0. The van der Waals surface area contributed by atoms with E-state index in [-0.39, 0.29) is 5.78 Å². The van der Waals surface area contributed by atoms with E-state index in [2.05, 4.69) is 0 Å². The van der Waals surface area contributed by atoms with Crippen molar-refractivity contribution in [1.29, 1.82) is 0 Å². The molecule has 0 unspecified atom stereocenters. The molecule has 4 aromatic rings. The quantitative estimate of drug-likeness (QED) is 0.392. The molecular formula is C25H16O2S. The molecule has 3 heteroatoms. The van der Waals surface area contributed by atoms with Crippen LogP contribution in [0.1, 0.15) is 15.9 Å². The fourth-order valence-corrected chi connectivity index (χ4v) is 4.94. The Balaban J connectivity index is 1.64. The van der Waals surface area contributed by atoms with Crippen molar-refractivity contribution in [1.82, 2.24) is 0 Å². The van der Waals surface area contributed by atoms with Crippen LogP contribution in [0.15, 0.2) is 107 Å². The van der Waals surface area contributed by atoms with Crippen molar-refractivity contribution < 1.29 is 9.00 Å². The average Bonchev–Trinajstić information content (AvgIpc) is 2.78. The molecule has 134 valence electrons. The summed E-state index contributed by atoms with van der Waals surface area (Å²) >= 11 is 0. The Morgan fingerprint density at radius 2 is 0.929 bits per heavy atom. The average molecular weight is 380 g/mol. The van der Waals surface area contributed by atoms with Gasteiger partial charge in [-0.2, -0.15) is 0 Å². The molecule has 1 aliphatic rings. The van der Waals surface area contributed by atoms with Gasteiger partial charge in [-0.15, -0.1) is 0 Å². The smallest absolute Gasteiger partial charge is 0.195 e. The molecule has 1 aliphatic heterocycles. The third-order valence-electron chi connectivity index (χ3n) is 5.06. The zero-order valence-corrected chi connectivity index (χ0v) is 15.8. The number of ketones is 1. The summed E-state index contributed by atoms with van der Waals surface area (Å²) in [6, 6.07) is 31.1. The maximum atomic E-state index is 13.3. The van der Waals surface area contributed by atoms with Crippen molar-refractivity contribution in [2.24, 2.45) is 0 Å². The maximum Gasteiger partial charge on any atom is 0.195 e. The van der Waals surface area contributed by atoms with Crippen molar-refractivity contribution >= 4 is 16.6 Å². The molecule has 0 saturated heterocycles. The molecule has 0 amide bonds. The van der Waals surface area contributed by atoms with Gasteiger partial charge in [-0.05, 0) is 46.5 Å². The number of hydrogen-bond donors (Lipinski definition) is 0. The van der Waals surface area contributed by atoms with Crippen LogP contribution in [0, 0.1) is 0 Å². The number of fused-ring (bicyclic) bond motifs is 2. The SMILES string of the molecule is O=C1c2cc(-c3ccccc3)ccc2S(=O)c2ccc(-c3ccccc3)cc21. The summed E-state index contributed by atoms with van der Waals surface area (Å²) in [6.07, 6.45) is 0. The van der Waals surface area contributed by atoms with Gasteiger partial charge in [-0.3, -0.25) is 4.79 Å². The van der Waals surface area contributed by atoms with Crippen LogP contribution in [0.5, 0.6) is 0 Å². The van der Waals surface area contributed by atoms with Crippen molar-refractivity contribution in [3.8, 4) is 22.3 Å². The van der Waals surface area contributed by atoms with Crippen LogP contribution in [-0.2, 0) is 10.8 Å². The Bertz CT molecular complexity index is 1130. The lowest BCUT2D eigenvalue weighted by Gasteiger charge is -2.19. The van der Waals surface area contributed by atoms with Crippen LogP contribution in [0.25, 0.3) is 22.3 Å². The Kier molecular flexibility index (Phi) is 4.03. The summed E-state index contributed by atoms with van der Waals surface area (Å²) in [6.45, 7) is 0. The van der Waals surface area contributed by atoms with E-state index in [1.165, 1.54) is 0 Å². The van der Waals surface area contributed by atoms with Crippen LogP contribution in [-0.4, -0.2) is 9.99 Å². The van der Waals surface area contributed by atoms with Gasteiger partial charge in [-0.25, -0.2) is 4.21 Å². The third-order valence-corrected chi connectivity index (χ3v) is 6.57. The maximum absolute atomic E-state index is 13.3. The Morgan fingerprint density at radius 3 is 1.36 bits per heavy atom. The van der Waals surface area contributed by atoms with E-state index < -0.39 is 10.8 Å². The Labute approximate surface area is 165 Å². The molecule has 0 N–H and O–H groups in total. The van der Waals surface area contributed by atoms with Crippen molar-refractivity contribution in [3.63, 3.8) is 0 Å². The van der Waals surface area contributed by atoms with Crippen LogP contribution in [0.2, 0.25) is 0 Å². The van der Waals surface area contributed by atoms with Gasteiger partial charge >= 0.3 is 0 Å². The van der Waals surface area contributed by atoms with Crippen LogP contribution in [0.3, 0.4) is 0 Å². The van der Waals surface area contributed by atoms with Gasteiger partial charge in [0.15, 0.2) is 5.78 Å². The molecule has 0 atom stereocenters. The van der Waals surface area contributed by atoms with E-state index in [1.54, 1.807) is 0 Å². The first kappa shape index (κ1) is 16.8. The molecule has 0 aliphatic carbocycles. The van der Waals surface area contributed by atoms with Crippen LogP contribution in [0.4, 0.5) is 0 Å². The predicted molar refractivity (Wildman–Crippen MR) is 112 cm³/mol. The molecule has 0 aromatic heterocycles. The van der Waals surface area contributed by atoms with Crippen LogP contribution < -0.4 is 0 Å². The largest absolute Gasteiger partial charge is 0.289 e. The van der Waals surface area contributed by atoms with E-state index in [1.807, 2.05) is 97.1 Å². The topological polar surface area (TPSA) is 34.1 Å². The molecule has 0 spiro atoms. The van der Waals surface area contributed by atoms with Gasteiger partial charge in [0.2, 0.25) is 0 Å². The van der Waals surface area contributed by atoms with Gasteiger partial charge in [0.05, 0.1) is 20.6 Å². The second kappa shape index (κ2) is 6.70. The highest BCUT2D eigenvalue weighted by Crippen LogP contribution is 2.36. The van der Waals surface area contributed by atoms with Gasteiger partial charge in [0.25, 0.3) is 0 Å². The highest BCUT2D eigenvalue weighted by molar-refractivity contribution is 7.85. The molecule has 0 saturated carbocycles. The van der Waals surface area contributed by atoms with Gasteiger partial charge in [0, 0.05) is 11.1 Å². The molecule has 1 heterocycles. The highest BCUT2D eigenvalue weighted by atomic mass is 32.2. The summed E-state index contributed by atoms with van der Waals surface area (Å²) in [7, 11) is -1.36. The number of benzene rings is 4. The molecule has 28 heavy (non-hydrogen) atoms. The minimum Gasteiger partial charge on any atom is -0.289 e. The molecule has 0 radical (unpaired) electrons. The summed E-state index contributed by atoms with van der Waals surface area (Å²) in [5, 5.41) is 0. The van der Waals surface area contributed by atoms with E-state index in [0.717, 1.165) is 22.3 Å². The zero-order chi connectivity index (χ0) is 19.1. The van der Waals surface area contributed by atoms with Crippen molar-refractivity contribution in [2.45, 2.75) is 9.79 Å². The molecular weight excluding hydrogens is 364 g/mol. The van der Waals surface area contributed by atoms with E-state index in [0.29, 0.717) is 20.9 Å². The molecule has 2 nitrogen and oxygen atoms in total. The van der Waals surface area contributed by atoms with Crippen LogP contribution >= 0.6 is 0 Å². The third kappa shape index (κ3) is 2.72. The molecule has 0 bridgehead atoms. The first-order chi connectivity index (χ1) is 13.7. The second-order valence-electron chi connectivity index (χ2n) is 6.75. The molecule has 4 aromatic carbocycles. The summed E-state index contributed by atoms with van der Waals surface area (Å²) in [4.78, 5) is 14.5. The minimum absolute atomic E-state index is 0.0693. The van der Waals surface area contributed by atoms with Gasteiger partial charge in [-0.1, -0.05) is 72.8 Å². The van der Waals surface area contributed by atoms with Crippen molar-refractivity contribution in [3.05, 3.63) is 108 Å². The Morgan fingerprint density at radius 1 is 0.500 bits per heavy atom. The molecule has 0 fully saturated rings. The lowest BCUT2D eigenvalue weighted by molar-refractivity contribution is 0.103. The fraction of sp³-hybridized carbons (Fsp3) is 0. The summed E-state index contributed by atoms with van der Waals surface area (Å²) in [5.41, 5.74) is 5.02. The second-order valence-corrected chi connectivity index (χ2v) is 8.17. The predicted octanol–water partition coefficient (Wildman–Crippen LogP) is 5.73. The number of carbonyl (C=O) groups excluding carboxylic acids is 1. The van der Waals surface area contributed by atoms with E-state index in [4.69, 9.17) is 0 Å². The Hall–Kier alpha value is -3.30. The number of rotatable bonds is 2. The van der Waals surface area contributed by atoms with E-state index in [9.17, 15) is 9.00 Å². The van der Waals surface area contributed by atoms with Gasteiger partial charge < -0.3 is 0 Å². The first-order valence-electron chi connectivity index (χ1n) is 9.08. The standard InChI is InChI=1S/C25H16O2S/c26-25-21-15-19(17-7-3-1-4-8-17)11-13-23(21)28(27)24-14-12-20(16-22(24)25)18-9-5-2-6-10-18/h1-16H. The molecule has 5 rings (SSSR count).